The summed E-state index contributed by atoms with van der Waals surface area (Å²) in [6.45, 7) is 0. The second-order valence-corrected chi connectivity index (χ2v) is 6.27. The van der Waals surface area contributed by atoms with Gasteiger partial charge in [-0.3, -0.25) is 14.8 Å². The SMILES string of the molecule is CN(C)c1cc(F)c(-c2cc3c(-c4cnn(C)c4)n[nH]c3cn2)c(F)c1. The molecule has 6 nitrogen and oxygen atoms in total. The third-order valence-electron chi connectivity index (χ3n) is 4.22. The summed E-state index contributed by atoms with van der Waals surface area (Å²) in [4.78, 5) is 5.84. The molecule has 0 spiro atoms. The lowest BCUT2D eigenvalue weighted by molar-refractivity contribution is 0.588. The number of benzene rings is 1. The number of fused-ring (bicyclic) bond motifs is 1. The molecule has 0 atom stereocenters. The molecule has 1 N–H and O–H groups in total. The molecule has 0 saturated heterocycles. The molecule has 132 valence electrons. The zero-order valence-electron chi connectivity index (χ0n) is 14.5. The molecule has 8 heteroatoms. The number of nitrogens with zero attached hydrogens (tertiary/aromatic N) is 5. The first kappa shape index (κ1) is 16.2. The van der Waals surface area contributed by atoms with Crippen molar-refractivity contribution in [1.29, 1.82) is 0 Å². The van der Waals surface area contributed by atoms with E-state index in [1.807, 2.05) is 13.2 Å². The lowest BCUT2D eigenvalue weighted by Crippen LogP contribution is -2.10. The fourth-order valence-corrected chi connectivity index (χ4v) is 2.88. The van der Waals surface area contributed by atoms with Crippen molar-refractivity contribution >= 4 is 16.6 Å². The highest BCUT2D eigenvalue weighted by Gasteiger charge is 2.18. The summed E-state index contributed by atoms with van der Waals surface area (Å²) in [6, 6.07) is 4.22. The number of hydrogen-bond acceptors (Lipinski definition) is 4. The molecule has 4 aromatic rings. The van der Waals surface area contributed by atoms with E-state index in [9.17, 15) is 8.78 Å². The largest absolute Gasteiger partial charge is 0.377 e. The van der Waals surface area contributed by atoms with E-state index in [1.54, 1.807) is 35.9 Å². The number of pyridine rings is 1. The summed E-state index contributed by atoms with van der Waals surface area (Å²) in [6.07, 6.45) is 5.03. The van der Waals surface area contributed by atoms with Gasteiger partial charge >= 0.3 is 0 Å². The summed E-state index contributed by atoms with van der Waals surface area (Å²) < 4.78 is 30.8. The average Bonchev–Trinajstić information content (AvgIpc) is 3.19. The van der Waals surface area contributed by atoms with E-state index >= 15 is 0 Å². The predicted molar refractivity (Wildman–Crippen MR) is 95.8 cm³/mol. The Morgan fingerprint density at radius 3 is 2.42 bits per heavy atom. The van der Waals surface area contributed by atoms with Gasteiger partial charge < -0.3 is 4.90 Å². The summed E-state index contributed by atoms with van der Waals surface area (Å²) in [5.41, 5.74) is 2.64. The van der Waals surface area contributed by atoms with Crippen molar-refractivity contribution in [2.45, 2.75) is 0 Å². The Balaban J connectivity index is 1.88. The second-order valence-electron chi connectivity index (χ2n) is 6.27. The minimum atomic E-state index is -0.660. The Hall–Kier alpha value is -3.29. The van der Waals surface area contributed by atoms with Gasteiger partial charge in [-0.05, 0) is 18.2 Å². The van der Waals surface area contributed by atoms with Crippen LogP contribution in [-0.4, -0.2) is 39.1 Å². The first-order chi connectivity index (χ1) is 12.4. The monoisotopic (exact) mass is 354 g/mol. The first-order valence-electron chi connectivity index (χ1n) is 7.94. The van der Waals surface area contributed by atoms with Gasteiger partial charge in [-0.15, -0.1) is 0 Å². The summed E-state index contributed by atoms with van der Waals surface area (Å²) in [5, 5.41) is 12.0. The molecule has 0 amide bonds. The van der Waals surface area contributed by atoms with E-state index < -0.39 is 11.6 Å². The summed E-state index contributed by atoms with van der Waals surface area (Å²) >= 11 is 0. The van der Waals surface area contributed by atoms with Crippen LogP contribution in [0.2, 0.25) is 0 Å². The molecule has 3 heterocycles. The lowest BCUT2D eigenvalue weighted by Gasteiger charge is -2.14. The van der Waals surface area contributed by atoms with Crippen LogP contribution in [0, 0.1) is 11.6 Å². The van der Waals surface area contributed by atoms with E-state index in [0.717, 1.165) is 10.9 Å². The standard InChI is InChI=1S/C18H16F2N6/c1-25(2)11-4-13(19)17(14(20)5-11)15-6-12-16(8-21-15)23-24-18(12)10-7-22-26(3)9-10/h4-9H,1-3H3,(H,23,24). The number of halogens is 2. The van der Waals surface area contributed by atoms with Gasteiger partial charge in [0, 0.05) is 44.0 Å². The topological polar surface area (TPSA) is 62.6 Å². The van der Waals surface area contributed by atoms with Crippen molar-refractivity contribution in [3.05, 3.63) is 48.4 Å². The van der Waals surface area contributed by atoms with Crippen molar-refractivity contribution in [3.63, 3.8) is 0 Å². The number of aromatic amines is 1. The van der Waals surface area contributed by atoms with Gasteiger partial charge in [0.25, 0.3) is 0 Å². The van der Waals surface area contributed by atoms with Gasteiger partial charge in [-0.25, -0.2) is 8.78 Å². The molecule has 26 heavy (non-hydrogen) atoms. The quantitative estimate of drug-likeness (QED) is 0.613. The van der Waals surface area contributed by atoms with Gasteiger partial charge in [-0.2, -0.15) is 10.2 Å². The number of H-pyrrole nitrogens is 1. The Morgan fingerprint density at radius 1 is 1.08 bits per heavy atom. The van der Waals surface area contributed by atoms with Crippen LogP contribution in [0.1, 0.15) is 0 Å². The molecule has 0 aliphatic rings. The Labute approximate surface area is 148 Å². The maximum atomic E-state index is 14.6. The Kier molecular flexibility index (Phi) is 3.68. The molecular weight excluding hydrogens is 338 g/mol. The van der Waals surface area contributed by atoms with Gasteiger partial charge in [0.2, 0.25) is 0 Å². The third-order valence-corrected chi connectivity index (χ3v) is 4.22. The van der Waals surface area contributed by atoms with Gasteiger partial charge in [0.05, 0.1) is 29.2 Å². The van der Waals surface area contributed by atoms with Gasteiger partial charge in [-0.1, -0.05) is 0 Å². The van der Waals surface area contributed by atoms with Crippen LogP contribution >= 0.6 is 0 Å². The Bertz CT molecular complexity index is 1090. The zero-order chi connectivity index (χ0) is 18.4. The Morgan fingerprint density at radius 2 is 1.81 bits per heavy atom. The maximum absolute atomic E-state index is 14.6. The molecule has 1 aromatic carbocycles. The summed E-state index contributed by atoms with van der Waals surface area (Å²) in [5.74, 6) is -1.32. The second kappa shape index (κ2) is 5.91. The third kappa shape index (κ3) is 2.59. The molecule has 0 saturated carbocycles. The first-order valence-corrected chi connectivity index (χ1v) is 7.94. The normalized spacial score (nSPS) is 11.3. The molecule has 4 rings (SSSR count). The molecule has 0 bridgehead atoms. The number of anilines is 1. The lowest BCUT2D eigenvalue weighted by atomic mass is 10.1. The molecule has 0 fully saturated rings. The smallest absolute Gasteiger partial charge is 0.137 e. The highest BCUT2D eigenvalue weighted by molar-refractivity contribution is 5.94. The molecule has 3 aromatic heterocycles. The van der Waals surface area contributed by atoms with E-state index in [-0.39, 0.29) is 11.3 Å². The van der Waals surface area contributed by atoms with Crippen LogP contribution in [0.3, 0.4) is 0 Å². The average molecular weight is 354 g/mol. The predicted octanol–water partition coefficient (Wildman–Crippen LogP) is 3.37. The van der Waals surface area contributed by atoms with Crippen molar-refractivity contribution in [2.75, 3.05) is 19.0 Å². The minimum Gasteiger partial charge on any atom is -0.377 e. The van der Waals surface area contributed by atoms with Crippen LogP contribution in [0.15, 0.2) is 36.8 Å². The number of hydrogen-bond donors (Lipinski definition) is 1. The number of rotatable bonds is 3. The number of aromatic nitrogens is 5. The van der Waals surface area contributed by atoms with Crippen LogP contribution in [0.5, 0.6) is 0 Å². The molecule has 0 aliphatic heterocycles. The van der Waals surface area contributed by atoms with Gasteiger partial charge in [0.15, 0.2) is 0 Å². The minimum absolute atomic E-state index is 0.157. The maximum Gasteiger partial charge on any atom is 0.137 e. The molecule has 0 aliphatic carbocycles. The highest BCUT2D eigenvalue weighted by Crippen LogP contribution is 2.32. The van der Waals surface area contributed by atoms with Crippen LogP contribution in [-0.2, 0) is 7.05 Å². The van der Waals surface area contributed by atoms with E-state index in [2.05, 4.69) is 20.3 Å². The van der Waals surface area contributed by atoms with Crippen molar-refractivity contribution in [1.82, 2.24) is 25.0 Å². The molecular formula is C18H16F2N6. The molecule has 0 unspecified atom stereocenters. The van der Waals surface area contributed by atoms with Crippen molar-refractivity contribution in [2.24, 2.45) is 7.05 Å². The summed E-state index contributed by atoms with van der Waals surface area (Å²) in [7, 11) is 5.26. The van der Waals surface area contributed by atoms with Crippen LogP contribution in [0.25, 0.3) is 33.4 Å². The fourth-order valence-electron chi connectivity index (χ4n) is 2.88. The van der Waals surface area contributed by atoms with Crippen molar-refractivity contribution in [3.8, 4) is 22.5 Å². The van der Waals surface area contributed by atoms with Gasteiger partial charge in [0.1, 0.15) is 17.3 Å². The molecule has 0 radical (unpaired) electrons. The van der Waals surface area contributed by atoms with Crippen LogP contribution < -0.4 is 4.90 Å². The van der Waals surface area contributed by atoms with E-state index in [0.29, 0.717) is 16.9 Å². The van der Waals surface area contributed by atoms with E-state index in [4.69, 9.17) is 0 Å². The zero-order valence-corrected chi connectivity index (χ0v) is 14.5. The van der Waals surface area contributed by atoms with E-state index in [1.165, 1.54) is 18.3 Å². The van der Waals surface area contributed by atoms with Crippen LogP contribution in [0.4, 0.5) is 14.5 Å². The number of nitrogens with one attached hydrogen (secondary N) is 1. The number of aryl methyl sites for hydroxylation is 1. The highest BCUT2D eigenvalue weighted by atomic mass is 19.1. The van der Waals surface area contributed by atoms with Crippen molar-refractivity contribution < 1.29 is 8.78 Å². The fraction of sp³-hybridized carbons (Fsp3) is 0.167.